The first kappa shape index (κ1) is 10.4. The minimum atomic E-state index is -0.0939. The number of aromatic nitrogens is 1. The van der Waals surface area contributed by atoms with Crippen molar-refractivity contribution in [3.05, 3.63) is 29.1 Å². The summed E-state index contributed by atoms with van der Waals surface area (Å²) in [6.45, 7) is 0. The van der Waals surface area contributed by atoms with Crippen LogP contribution in [0.15, 0.2) is 22.6 Å². The fourth-order valence-electron chi connectivity index (χ4n) is 1.74. The molecule has 0 amide bonds. The maximum Gasteiger partial charge on any atom is 0.214 e. The number of nitrogens with one attached hydrogen (secondary N) is 2. The number of oxazole rings is 1. The predicted octanol–water partition coefficient (Wildman–Crippen LogP) is 2.59. The van der Waals surface area contributed by atoms with E-state index in [0.717, 1.165) is 11.9 Å². The Bertz CT molecular complexity index is 528. The maximum atomic E-state index is 5.92. The van der Waals surface area contributed by atoms with Gasteiger partial charge in [0.1, 0.15) is 11.6 Å². The Labute approximate surface area is 102 Å². The van der Waals surface area contributed by atoms with Gasteiger partial charge in [0.2, 0.25) is 5.89 Å². The van der Waals surface area contributed by atoms with Crippen LogP contribution in [-0.2, 0) is 0 Å². The molecule has 6 heteroatoms. The standard InChI is InChI=1S/C10H9Cl2N3O/c11-5-1-2-6-8(3-5)16-10(13-6)7-4-9(12)15-14-7/h1-3,7,9,14-15H,4H2. The highest BCUT2D eigenvalue weighted by molar-refractivity contribution is 6.31. The topological polar surface area (TPSA) is 50.1 Å². The average Bonchev–Trinajstić information content (AvgIpc) is 2.83. The Hall–Kier alpha value is -0.810. The van der Waals surface area contributed by atoms with E-state index >= 15 is 0 Å². The van der Waals surface area contributed by atoms with Gasteiger partial charge < -0.3 is 4.42 Å². The Morgan fingerprint density at radius 3 is 3.00 bits per heavy atom. The molecular weight excluding hydrogens is 249 g/mol. The number of rotatable bonds is 1. The molecule has 1 aromatic carbocycles. The first-order chi connectivity index (χ1) is 7.72. The smallest absolute Gasteiger partial charge is 0.214 e. The third-order valence-electron chi connectivity index (χ3n) is 2.52. The molecule has 4 nitrogen and oxygen atoms in total. The molecule has 2 heterocycles. The van der Waals surface area contributed by atoms with Gasteiger partial charge in [0.15, 0.2) is 5.58 Å². The van der Waals surface area contributed by atoms with Gasteiger partial charge in [-0.05, 0) is 12.1 Å². The Balaban J connectivity index is 1.99. The third kappa shape index (κ3) is 1.78. The molecule has 2 atom stereocenters. The van der Waals surface area contributed by atoms with Crippen LogP contribution < -0.4 is 10.9 Å². The number of halogens is 2. The lowest BCUT2D eigenvalue weighted by Gasteiger charge is -2.01. The van der Waals surface area contributed by atoms with Gasteiger partial charge in [-0.25, -0.2) is 15.8 Å². The maximum absolute atomic E-state index is 5.92. The second-order valence-electron chi connectivity index (χ2n) is 3.71. The molecule has 2 aromatic rings. The SMILES string of the molecule is Clc1ccc2nc(C3CC(Cl)NN3)oc2c1. The van der Waals surface area contributed by atoms with Crippen LogP contribution in [0.1, 0.15) is 18.4 Å². The Kier molecular flexibility index (Phi) is 2.52. The van der Waals surface area contributed by atoms with Crippen LogP contribution in [-0.4, -0.2) is 10.5 Å². The molecule has 2 unspecified atom stereocenters. The van der Waals surface area contributed by atoms with Gasteiger partial charge in [0, 0.05) is 17.5 Å². The first-order valence-corrected chi connectivity index (χ1v) is 5.75. The number of hydrogen-bond acceptors (Lipinski definition) is 4. The van der Waals surface area contributed by atoms with E-state index in [1.165, 1.54) is 0 Å². The van der Waals surface area contributed by atoms with E-state index in [9.17, 15) is 0 Å². The van der Waals surface area contributed by atoms with Crippen molar-refractivity contribution in [2.24, 2.45) is 0 Å². The third-order valence-corrected chi connectivity index (χ3v) is 3.04. The van der Waals surface area contributed by atoms with Crippen molar-refractivity contribution in [2.75, 3.05) is 0 Å². The van der Waals surface area contributed by atoms with E-state index in [1.807, 2.05) is 6.07 Å². The number of nitrogens with zero attached hydrogens (tertiary/aromatic N) is 1. The quantitative estimate of drug-likeness (QED) is 0.609. The van der Waals surface area contributed by atoms with Crippen LogP contribution in [0.25, 0.3) is 11.1 Å². The molecule has 0 bridgehead atoms. The molecule has 1 aliphatic rings. The zero-order valence-corrected chi connectivity index (χ0v) is 9.72. The monoisotopic (exact) mass is 257 g/mol. The predicted molar refractivity (Wildman–Crippen MR) is 62.3 cm³/mol. The molecule has 1 aromatic heterocycles. The lowest BCUT2D eigenvalue weighted by Crippen LogP contribution is -2.27. The molecule has 16 heavy (non-hydrogen) atoms. The summed E-state index contributed by atoms with van der Waals surface area (Å²) in [4.78, 5) is 4.38. The summed E-state index contributed by atoms with van der Waals surface area (Å²) in [6.07, 6.45) is 0.738. The van der Waals surface area contributed by atoms with Crippen LogP contribution in [0.5, 0.6) is 0 Å². The van der Waals surface area contributed by atoms with Gasteiger partial charge in [-0.2, -0.15) is 0 Å². The van der Waals surface area contributed by atoms with Gasteiger partial charge in [-0.15, -0.1) is 11.6 Å². The summed E-state index contributed by atoms with van der Waals surface area (Å²) in [5, 5.41) is 0.642. The second kappa shape index (κ2) is 3.89. The molecule has 1 saturated heterocycles. The molecule has 1 aliphatic heterocycles. The number of alkyl halides is 1. The van der Waals surface area contributed by atoms with Crippen molar-refractivity contribution in [1.82, 2.24) is 15.8 Å². The highest BCUT2D eigenvalue weighted by Crippen LogP contribution is 2.27. The molecule has 1 fully saturated rings. The molecule has 0 spiro atoms. The highest BCUT2D eigenvalue weighted by Gasteiger charge is 2.27. The van der Waals surface area contributed by atoms with E-state index in [4.69, 9.17) is 27.6 Å². The van der Waals surface area contributed by atoms with Crippen LogP contribution in [0.4, 0.5) is 0 Å². The summed E-state index contributed by atoms with van der Waals surface area (Å²) in [5.74, 6) is 0.632. The van der Waals surface area contributed by atoms with Crippen LogP contribution in [0.2, 0.25) is 5.02 Å². The van der Waals surface area contributed by atoms with Crippen LogP contribution in [0, 0.1) is 0 Å². The number of benzene rings is 1. The van der Waals surface area contributed by atoms with Crippen LogP contribution >= 0.6 is 23.2 Å². The van der Waals surface area contributed by atoms with E-state index in [-0.39, 0.29) is 11.5 Å². The fraction of sp³-hybridized carbons (Fsp3) is 0.300. The zero-order chi connectivity index (χ0) is 11.1. The molecule has 2 N–H and O–H groups in total. The van der Waals surface area contributed by atoms with Crippen molar-refractivity contribution in [2.45, 2.75) is 18.0 Å². The number of fused-ring (bicyclic) bond motifs is 1. The van der Waals surface area contributed by atoms with E-state index < -0.39 is 0 Å². The lowest BCUT2D eigenvalue weighted by atomic mass is 10.2. The van der Waals surface area contributed by atoms with Crippen molar-refractivity contribution in [3.63, 3.8) is 0 Å². The Morgan fingerprint density at radius 1 is 1.38 bits per heavy atom. The van der Waals surface area contributed by atoms with E-state index in [2.05, 4.69) is 15.8 Å². The first-order valence-electron chi connectivity index (χ1n) is 4.93. The molecule has 0 saturated carbocycles. The lowest BCUT2D eigenvalue weighted by molar-refractivity contribution is 0.437. The fourth-order valence-corrected chi connectivity index (χ4v) is 2.15. The summed E-state index contributed by atoms with van der Waals surface area (Å²) in [5.41, 5.74) is 7.35. The van der Waals surface area contributed by atoms with Crippen molar-refractivity contribution in [3.8, 4) is 0 Å². The van der Waals surface area contributed by atoms with Gasteiger partial charge in [-0.3, -0.25) is 0 Å². The highest BCUT2D eigenvalue weighted by atomic mass is 35.5. The van der Waals surface area contributed by atoms with Crippen molar-refractivity contribution >= 4 is 34.3 Å². The van der Waals surface area contributed by atoms with Crippen molar-refractivity contribution < 1.29 is 4.42 Å². The minimum absolute atomic E-state index is 0.00803. The number of hydrogen-bond donors (Lipinski definition) is 2. The molecule has 3 rings (SSSR count). The Morgan fingerprint density at radius 2 is 2.25 bits per heavy atom. The van der Waals surface area contributed by atoms with E-state index in [1.54, 1.807) is 12.1 Å². The summed E-state index contributed by atoms with van der Waals surface area (Å²) in [6, 6.07) is 5.40. The van der Waals surface area contributed by atoms with Crippen LogP contribution in [0.3, 0.4) is 0 Å². The minimum Gasteiger partial charge on any atom is -0.439 e. The molecule has 84 valence electrons. The molecule has 0 aliphatic carbocycles. The largest absolute Gasteiger partial charge is 0.439 e. The summed E-state index contributed by atoms with van der Waals surface area (Å²) in [7, 11) is 0. The van der Waals surface area contributed by atoms with E-state index in [0.29, 0.717) is 16.5 Å². The summed E-state index contributed by atoms with van der Waals surface area (Å²) >= 11 is 11.8. The van der Waals surface area contributed by atoms with Gasteiger partial charge in [0.05, 0.1) is 5.50 Å². The molecular formula is C10H9Cl2N3O. The van der Waals surface area contributed by atoms with Gasteiger partial charge >= 0.3 is 0 Å². The van der Waals surface area contributed by atoms with Gasteiger partial charge in [0.25, 0.3) is 0 Å². The normalized spacial score (nSPS) is 25.4. The van der Waals surface area contributed by atoms with Gasteiger partial charge in [-0.1, -0.05) is 11.6 Å². The van der Waals surface area contributed by atoms with Crippen molar-refractivity contribution in [1.29, 1.82) is 0 Å². The average molecular weight is 258 g/mol. The molecule has 0 radical (unpaired) electrons. The summed E-state index contributed by atoms with van der Waals surface area (Å²) < 4.78 is 5.62. The number of hydrazine groups is 1. The second-order valence-corrected chi connectivity index (χ2v) is 4.67. The zero-order valence-electron chi connectivity index (χ0n) is 8.21.